The van der Waals surface area contributed by atoms with E-state index in [9.17, 15) is 0 Å². The van der Waals surface area contributed by atoms with Crippen LogP contribution in [-0.4, -0.2) is 37.4 Å². The van der Waals surface area contributed by atoms with E-state index in [0.717, 1.165) is 60.3 Å². The van der Waals surface area contributed by atoms with Crippen LogP contribution in [0.3, 0.4) is 0 Å². The van der Waals surface area contributed by atoms with Crippen molar-refractivity contribution >= 4 is 11.5 Å². The molecule has 4 aromatic rings. The molecule has 35 heavy (non-hydrogen) atoms. The summed E-state index contributed by atoms with van der Waals surface area (Å²) in [5, 5.41) is 0. The van der Waals surface area contributed by atoms with Gasteiger partial charge in [-0.05, 0) is 66.5 Å². The van der Waals surface area contributed by atoms with E-state index in [2.05, 4.69) is 81.0 Å². The van der Waals surface area contributed by atoms with Crippen LogP contribution in [0.25, 0.3) is 5.65 Å². The van der Waals surface area contributed by atoms with Crippen LogP contribution in [0.5, 0.6) is 0 Å². The van der Waals surface area contributed by atoms with Crippen molar-refractivity contribution in [2.45, 2.75) is 60.3 Å². The predicted molar refractivity (Wildman–Crippen MR) is 141 cm³/mol. The molecular weight excluding hydrogens is 432 g/mol. The highest BCUT2D eigenvalue weighted by molar-refractivity contribution is 5.45. The van der Waals surface area contributed by atoms with E-state index in [1.807, 2.05) is 16.8 Å². The molecule has 4 aromatic heterocycles. The van der Waals surface area contributed by atoms with Crippen LogP contribution in [0.1, 0.15) is 68.1 Å². The van der Waals surface area contributed by atoms with Crippen LogP contribution in [0.2, 0.25) is 0 Å². The highest BCUT2D eigenvalue weighted by Gasteiger charge is 2.30. The molecule has 182 valence electrons. The molecule has 0 atom stereocenters. The standard InChI is InChI=1S/C29H36N6/c1-20(2)12-23-13-21(3)14-24(31-23)17-26-32-25(15-22-6-9-34-11-8-30-27(34)16-22)18-28(33-26)35-10-7-29(4,5)19-35/h6,8-9,11,13-14,16,18,20H,7,10,12,15,17,19H2,1-5H3. The number of aromatic nitrogens is 5. The van der Waals surface area contributed by atoms with Gasteiger partial charge in [0.15, 0.2) is 0 Å². The third kappa shape index (κ3) is 5.69. The van der Waals surface area contributed by atoms with E-state index in [-0.39, 0.29) is 0 Å². The van der Waals surface area contributed by atoms with E-state index >= 15 is 0 Å². The summed E-state index contributed by atoms with van der Waals surface area (Å²) in [5.41, 5.74) is 6.96. The smallest absolute Gasteiger partial charge is 0.136 e. The zero-order valence-corrected chi connectivity index (χ0v) is 21.6. The number of anilines is 1. The fourth-order valence-corrected chi connectivity index (χ4v) is 5.04. The third-order valence-electron chi connectivity index (χ3n) is 6.69. The first kappa shape index (κ1) is 23.5. The summed E-state index contributed by atoms with van der Waals surface area (Å²) in [7, 11) is 0. The summed E-state index contributed by atoms with van der Waals surface area (Å²) >= 11 is 0. The van der Waals surface area contributed by atoms with Crippen LogP contribution in [0, 0.1) is 18.3 Å². The molecule has 0 aliphatic carbocycles. The predicted octanol–water partition coefficient (Wildman–Crippen LogP) is 5.44. The Morgan fingerprint density at radius 2 is 1.74 bits per heavy atom. The average molecular weight is 469 g/mol. The van der Waals surface area contributed by atoms with Gasteiger partial charge in [0.2, 0.25) is 0 Å². The highest BCUT2D eigenvalue weighted by Crippen LogP contribution is 2.32. The van der Waals surface area contributed by atoms with Crippen LogP contribution in [0.15, 0.2) is 48.9 Å². The molecule has 1 fully saturated rings. The normalized spacial score (nSPS) is 15.4. The van der Waals surface area contributed by atoms with Gasteiger partial charge in [-0.2, -0.15) is 0 Å². The lowest BCUT2D eigenvalue weighted by Gasteiger charge is -2.22. The Morgan fingerprint density at radius 1 is 0.943 bits per heavy atom. The molecule has 6 nitrogen and oxygen atoms in total. The maximum atomic E-state index is 5.04. The number of fused-ring (bicyclic) bond motifs is 1. The van der Waals surface area contributed by atoms with E-state index in [4.69, 9.17) is 15.0 Å². The van der Waals surface area contributed by atoms with Crippen molar-refractivity contribution in [3.63, 3.8) is 0 Å². The SMILES string of the molecule is Cc1cc(Cc2nc(Cc3ccn4ccnc4c3)cc(N3CCC(C)(C)C3)n2)nc(CC(C)C)c1. The molecule has 0 saturated carbocycles. The van der Waals surface area contributed by atoms with Crippen LogP contribution < -0.4 is 4.90 Å². The van der Waals surface area contributed by atoms with Gasteiger partial charge in [0, 0.05) is 55.6 Å². The number of imidazole rings is 1. The first-order valence-electron chi connectivity index (χ1n) is 12.7. The molecule has 0 amide bonds. The zero-order valence-electron chi connectivity index (χ0n) is 21.6. The fraction of sp³-hybridized carbons (Fsp3) is 0.448. The maximum Gasteiger partial charge on any atom is 0.136 e. The summed E-state index contributed by atoms with van der Waals surface area (Å²) in [5.74, 6) is 2.46. The van der Waals surface area contributed by atoms with Gasteiger partial charge in [-0.1, -0.05) is 27.7 Å². The monoisotopic (exact) mass is 468 g/mol. The second-order valence-electron chi connectivity index (χ2n) is 11.3. The molecular formula is C29H36N6. The lowest BCUT2D eigenvalue weighted by atomic mass is 9.93. The van der Waals surface area contributed by atoms with Crippen molar-refractivity contribution in [2.75, 3.05) is 18.0 Å². The number of hydrogen-bond donors (Lipinski definition) is 0. The van der Waals surface area contributed by atoms with E-state index in [1.165, 1.54) is 17.5 Å². The fourth-order valence-electron chi connectivity index (χ4n) is 5.04. The van der Waals surface area contributed by atoms with Crippen molar-refractivity contribution in [3.8, 4) is 0 Å². The summed E-state index contributed by atoms with van der Waals surface area (Å²) in [6.07, 6.45) is 9.43. The molecule has 0 aromatic carbocycles. The summed E-state index contributed by atoms with van der Waals surface area (Å²) in [6, 6.07) is 10.8. The molecule has 0 N–H and O–H groups in total. The van der Waals surface area contributed by atoms with Crippen molar-refractivity contribution in [1.82, 2.24) is 24.3 Å². The second kappa shape index (κ2) is 9.40. The van der Waals surface area contributed by atoms with Gasteiger partial charge in [0.25, 0.3) is 0 Å². The Balaban J connectivity index is 1.47. The van der Waals surface area contributed by atoms with Crippen LogP contribution in [-0.2, 0) is 19.3 Å². The molecule has 5 rings (SSSR count). The van der Waals surface area contributed by atoms with E-state index < -0.39 is 0 Å². The van der Waals surface area contributed by atoms with Gasteiger partial charge in [0.1, 0.15) is 17.3 Å². The summed E-state index contributed by atoms with van der Waals surface area (Å²) < 4.78 is 2.03. The summed E-state index contributed by atoms with van der Waals surface area (Å²) in [6.45, 7) is 13.3. The molecule has 0 bridgehead atoms. The van der Waals surface area contributed by atoms with E-state index in [0.29, 0.717) is 17.8 Å². The zero-order chi connectivity index (χ0) is 24.6. The topological polar surface area (TPSA) is 59.2 Å². The van der Waals surface area contributed by atoms with Crippen molar-refractivity contribution < 1.29 is 0 Å². The number of pyridine rings is 2. The van der Waals surface area contributed by atoms with Gasteiger partial charge in [-0.3, -0.25) is 4.98 Å². The quantitative estimate of drug-likeness (QED) is 0.361. The molecule has 5 heterocycles. The molecule has 0 unspecified atom stereocenters. The van der Waals surface area contributed by atoms with Gasteiger partial charge in [-0.15, -0.1) is 0 Å². The van der Waals surface area contributed by atoms with Gasteiger partial charge in [0.05, 0.1) is 12.1 Å². The molecule has 6 heteroatoms. The van der Waals surface area contributed by atoms with Gasteiger partial charge >= 0.3 is 0 Å². The van der Waals surface area contributed by atoms with Gasteiger partial charge < -0.3 is 9.30 Å². The minimum atomic E-state index is 0.306. The third-order valence-corrected chi connectivity index (χ3v) is 6.69. The molecule has 1 aliphatic rings. The Bertz CT molecular complexity index is 1340. The molecule has 0 spiro atoms. The first-order chi connectivity index (χ1) is 16.7. The Labute approximate surface area is 208 Å². The maximum absolute atomic E-state index is 5.04. The van der Waals surface area contributed by atoms with Crippen molar-refractivity contribution in [1.29, 1.82) is 0 Å². The van der Waals surface area contributed by atoms with Crippen molar-refractivity contribution in [2.24, 2.45) is 11.3 Å². The minimum Gasteiger partial charge on any atom is -0.356 e. The van der Waals surface area contributed by atoms with Crippen molar-refractivity contribution in [3.05, 3.63) is 83.0 Å². The lowest BCUT2D eigenvalue weighted by molar-refractivity contribution is 0.418. The number of nitrogens with zero attached hydrogens (tertiary/aromatic N) is 6. The average Bonchev–Trinajstić information content (AvgIpc) is 3.38. The van der Waals surface area contributed by atoms with Crippen LogP contribution in [0.4, 0.5) is 5.82 Å². The second-order valence-corrected chi connectivity index (χ2v) is 11.3. The molecule has 1 aliphatic heterocycles. The molecule has 1 saturated heterocycles. The van der Waals surface area contributed by atoms with E-state index in [1.54, 1.807) is 0 Å². The van der Waals surface area contributed by atoms with Gasteiger partial charge in [-0.25, -0.2) is 15.0 Å². The number of aryl methyl sites for hydroxylation is 1. The largest absolute Gasteiger partial charge is 0.356 e. The van der Waals surface area contributed by atoms with Crippen LogP contribution >= 0.6 is 0 Å². The molecule has 0 radical (unpaired) electrons. The highest BCUT2D eigenvalue weighted by atomic mass is 15.2. The Kier molecular flexibility index (Phi) is 6.30. The Hall–Kier alpha value is -3.28. The number of rotatable bonds is 7. The lowest BCUT2D eigenvalue weighted by Crippen LogP contribution is -2.24. The number of hydrogen-bond acceptors (Lipinski definition) is 5. The minimum absolute atomic E-state index is 0.306. The first-order valence-corrected chi connectivity index (χ1v) is 12.7. The Morgan fingerprint density at radius 3 is 2.51 bits per heavy atom. The summed E-state index contributed by atoms with van der Waals surface area (Å²) in [4.78, 5) is 21.9.